The van der Waals surface area contributed by atoms with Gasteiger partial charge < -0.3 is 5.32 Å². The molecule has 124 valence electrons. The first kappa shape index (κ1) is 16.3. The van der Waals surface area contributed by atoms with Gasteiger partial charge in [0.2, 0.25) is 5.91 Å². The van der Waals surface area contributed by atoms with Crippen LogP contribution < -0.4 is 10.9 Å². The van der Waals surface area contributed by atoms with Crippen LogP contribution >= 0.6 is 0 Å². The van der Waals surface area contributed by atoms with Crippen molar-refractivity contribution in [3.8, 4) is 6.07 Å². The number of amides is 1. The van der Waals surface area contributed by atoms with Crippen LogP contribution in [-0.2, 0) is 11.3 Å². The molecular weight excluding hydrogens is 330 g/mol. The Balaban J connectivity index is 1.93. The first-order valence-corrected chi connectivity index (χ1v) is 7.12. The molecule has 0 aliphatic heterocycles. The molecule has 0 saturated carbocycles. The van der Waals surface area contributed by atoms with Crippen LogP contribution in [0.5, 0.6) is 0 Å². The Morgan fingerprint density at radius 2 is 2.00 bits per heavy atom. The number of carbonyl (C=O) groups is 1. The van der Waals surface area contributed by atoms with Crippen LogP contribution in [0, 0.1) is 23.0 Å². The van der Waals surface area contributed by atoms with E-state index in [1.54, 1.807) is 18.2 Å². The number of nitrogens with zero attached hydrogens (tertiary/aromatic N) is 3. The fourth-order valence-corrected chi connectivity index (χ4v) is 2.33. The lowest BCUT2D eigenvalue weighted by atomic mass is 10.2. The molecule has 1 heterocycles. The zero-order valence-corrected chi connectivity index (χ0v) is 12.7. The summed E-state index contributed by atoms with van der Waals surface area (Å²) in [6.07, 6.45) is 0.934. The number of anilines is 1. The normalized spacial score (nSPS) is 10.4. The molecule has 1 N–H and O–H groups in total. The standard InChI is InChI=1S/C17H10F2N4O2/c18-12-5-14-15(6-13(12)19)23(17(25)8-21-14)9-16(24)22-11-3-1-2-10(4-11)7-20/h1-6,8H,9H2,(H,22,24). The van der Waals surface area contributed by atoms with Gasteiger partial charge in [0.1, 0.15) is 6.54 Å². The topological polar surface area (TPSA) is 87.8 Å². The average molecular weight is 340 g/mol. The quantitative estimate of drug-likeness (QED) is 0.792. The van der Waals surface area contributed by atoms with Crippen LogP contribution in [-0.4, -0.2) is 15.5 Å². The monoisotopic (exact) mass is 340 g/mol. The van der Waals surface area contributed by atoms with Gasteiger partial charge in [-0.1, -0.05) is 6.07 Å². The summed E-state index contributed by atoms with van der Waals surface area (Å²) in [5, 5.41) is 11.4. The summed E-state index contributed by atoms with van der Waals surface area (Å²) >= 11 is 0. The number of rotatable bonds is 3. The molecule has 1 aromatic heterocycles. The third-order valence-corrected chi connectivity index (χ3v) is 3.47. The molecule has 0 bridgehead atoms. The Bertz CT molecular complexity index is 1090. The maximum atomic E-state index is 13.5. The first-order valence-electron chi connectivity index (χ1n) is 7.12. The van der Waals surface area contributed by atoms with Crippen molar-refractivity contribution < 1.29 is 13.6 Å². The van der Waals surface area contributed by atoms with Crippen molar-refractivity contribution in [2.24, 2.45) is 0 Å². The summed E-state index contributed by atoms with van der Waals surface area (Å²) in [4.78, 5) is 27.9. The average Bonchev–Trinajstić information content (AvgIpc) is 2.59. The molecule has 0 atom stereocenters. The number of nitriles is 1. The number of hydrogen-bond donors (Lipinski definition) is 1. The number of halogens is 2. The zero-order valence-electron chi connectivity index (χ0n) is 12.7. The number of aromatic nitrogens is 2. The van der Waals surface area contributed by atoms with Gasteiger partial charge in [-0.3, -0.25) is 14.2 Å². The predicted octanol–water partition coefficient (Wildman–Crippen LogP) is 2.19. The number of carbonyl (C=O) groups excluding carboxylic acids is 1. The molecule has 0 spiro atoms. The van der Waals surface area contributed by atoms with Crippen LogP contribution in [0.4, 0.5) is 14.5 Å². The van der Waals surface area contributed by atoms with Gasteiger partial charge in [-0.05, 0) is 18.2 Å². The number of hydrogen-bond acceptors (Lipinski definition) is 4. The van der Waals surface area contributed by atoms with Crippen molar-refractivity contribution >= 4 is 22.6 Å². The lowest BCUT2D eigenvalue weighted by Gasteiger charge is -2.10. The van der Waals surface area contributed by atoms with Gasteiger partial charge in [-0.15, -0.1) is 0 Å². The van der Waals surface area contributed by atoms with E-state index in [2.05, 4.69) is 10.3 Å². The van der Waals surface area contributed by atoms with Gasteiger partial charge in [0.25, 0.3) is 5.56 Å². The van der Waals surface area contributed by atoms with Gasteiger partial charge in [0.15, 0.2) is 11.6 Å². The van der Waals surface area contributed by atoms with Gasteiger partial charge in [0.05, 0.1) is 28.9 Å². The predicted molar refractivity (Wildman–Crippen MR) is 85.7 cm³/mol. The molecule has 3 rings (SSSR count). The van der Waals surface area contributed by atoms with E-state index in [0.29, 0.717) is 11.3 Å². The third kappa shape index (κ3) is 3.35. The molecule has 0 aliphatic carbocycles. The van der Waals surface area contributed by atoms with E-state index in [4.69, 9.17) is 5.26 Å². The van der Waals surface area contributed by atoms with Gasteiger partial charge in [-0.25, -0.2) is 13.8 Å². The minimum atomic E-state index is -1.14. The summed E-state index contributed by atoms with van der Waals surface area (Å²) < 4.78 is 27.8. The van der Waals surface area contributed by atoms with Gasteiger partial charge in [0, 0.05) is 17.8 Å². The number of benzene rings is 2. The minimum Gasteiger partial charge on any atom is -0.324 e. The smallest absolute Gasteiger partial charge is 0.269 e. The molecule has 2 aromatic carbocycles. The zero-order chi connectivity index (χ0) is 18.0. The SMILES string of the molecule is N#Cc1cccc(NC(=O)Cn2c(=O)cnc3cc(F)c(F)cc32)c1. The lowest BCUT2D eigenvalue weighted by molar-refractivity contribution is -0.116. The highest BCUT2D eigenvalue weighted by molar-refractivity contribution is 5.91. The van der Waals surface area contributed by atoms with E-state index < -0.39 is 29.6 Å². The Morgan fingerprint density at radius 3 is 2.76 bits per heavy atom. The maximum absolute atomic E-state index is 13.5. The van der Waals surface area contributed by atoms with Crippen LogP contribution in [0.1, 0.15) is 5.56 Å². The molecule has 1 amide bonds. The van der Waals surface area contributed by atoms with E-state index in [1.807, 2.05) is 6.07 Å². The van der Waals surface area contributed by atoms with Gasteiger partial charge in [-0.2, -0.15) is 5.26 Å². The van der Waals surface area contributed by atoms with E-state index in [9.17, 15) is 18.4 Å². The second-order valence-electron chi connectivity index (χ2n) is 5.18. The maximum Gasteiger partial charge on any atom is 0.269 e. The van der Waals surface area contributed by atoms with E-state index in [1.165, 1.54) is 6.07 Å². The van der Waals surface area contributed by atoms with Crippen LogP contribution in [0.3, 0.4) is 0 Å². The Morgan fingerprint density at radius 1 is 1.24 bits per heavy atom. The van der Waals surface area contributed by atoms with E-state index >= 15 is 0 Å². The third-order valence-electron chi connectivity index (χ3n) is 3.47. The molecule has 0 unspecified atom stereocenters. The van der Waals surface area contributed by atoms with Crippen molar-refractivity contribution in [2.75, 3.05) is 5.32 Å². The van der Waals surface area contributed by atoms with Crippen molar-refractivity contribution in [1.29, 1.82) is 5.26 Å². The molecule has 8 heteroatoms. The van der Waals surface area contributed by atoms with E-state index in [-0.39, 0.29) is 11.0 Å². The van der Waals surface area contributed by atoms with E-state index in [0.717, 1.165) is 22.9 Å². The highest BCUT2D eigenvalue weighted by atomic mass is 19.2. The summed E-state index contributed by atoms with van der Waals surface area (Å²) in [7, 11) is 0. The highest BCUT2D eigenvalue weighted by Gasteiger charge is 2.13. The second kappa shape index (κ2) is 6.49. The van der Waals surface area contributed by atoms with Crippen molar-refractivity contribution in [2.45, 2.75) is 6.54 Å². The molecule has 0 aliphatic rings. The molecule has 6 nitrogen and oxygen atoms in total. The largest absolute Gasteiger partial charge is 0.324 e. The molecule has 0 fully saturated rings. The second-order valence-corrected chi connectivity index (χ2v) is 5.18. The minimum absolute atomic E-state index is 0.00678. The fourth-order valence-electron chi connectivity index (χ4n) is 2.33. The highest BCUT2D eigenvalue weighted by Crippen LogP contribution is 2.15. The van der Waals surface area contributed by atoms with Crippen molar-refractivity contribution in [3.63, 3.8) is 0 Å². The lowest BCUT2D eigenvalue weighted by Crippen LogP contribution is -2.28. The fraction of sp³-hybridized carbons (Fsp3) is 0.0588. The van der Waals surface area contributed by atoms with Crippen LogP contribution in [0.15, 0.2) is 47.4 Å². The van der Waals surface area contributed by atoms with Crippen LogP contribution in [0.2, 0.25) is 0 Å². The van der Waals surface area contributed by atoms with Crippen LogP contribution in [0.25, 0.3) is 11.0 Å². The molecule has 25 heavy (non-hydrogen) atoms. The summed E-state index contributed by atoms with van der Waals surface area (Å²) in [5.74, 6) is -2.80. The summed E-state index contributed by atoms with van der Waals surface area (Å²) in [6, 6.07) is 9.85. The Hall–Kier alpha value is -3.60. The number of nitrogens with one attached hydrogen (secondary N) is 1. The number of fused-ring (bicyclic) bond motifs is 1. The molecule has 3 aromatic rings. The Labute approximate surface area is 140 Å². The van der Waals surface area contributed by atoms with Gasteiger partial charge >= 0.3 is 0 Å². The van der Waals surface area contributed by atoms with Crippen molar-refractivity contribution in [3.05, 3.63) is 70.1 Å². The molecular formula is C17H10F2N4O2. The molecule has 0 radical (unpaired) electrons. The Kier molecular flexibility index (Phi) is 4.22. The summed E-state index contributed by atoms with van der Waals surface area (Å²) in [6.45, 7) is -0.417. The van der Waals surface area contributed by atoms with Crippen molar-refractivity contribution in [1.82, 2.24) is 9.55 Å². The summed E-state index contributed by atoms with van der Waals surface area (Å²) in [5.41, 5.74) is 0.180. The first-order chi connectivity index (χ1) is 12.0. The molecule has 0 saturated heterocycles.